The quantitative estimate of drug-likeness (QED) is 0.860. The highest BCUT2D eigenvalue weighted by atomic mass is 79.9. The zero-order valence-electron chi connectivity index (χ0n) is 8.50. The smallest absolute Gasteiger partial charge is 0.0913 e. The lowest BCUT2D eigenvalue weighted by atomic mass is 10.1. The number of pyridine rings is 1. The van der Waals surface area contributed by atoms with Crippen LogP contribution < -0.4 is 5.73 Å². The SMILES string of the molecule is Nc1cc(C2CC2)nc2c(Cl)cc(Br)cc12. The molecule has 0 amide bonds. The van der Waals surface area contributed by atoms with Crippen molar-refractivity contribution in [3.05, 3.63) is 33.4 Å². The van der Waals surface area contributed by atoms with E-state index in [1.807, 2.05) is 18.2 Å². The normalized spacial score (nSPS) is 15.6. The van der Waals surface area contributed by atoms with Gasteiger partial charge in [0.25, 0.3) is 0 Å². The number of hydrogen-bond acceptors (Lipinski definition) is 2. The first-order valence-corrected chi connectivity index (χ1v) is 6.37. The van der Waals surface area contributed by atoms with Gasteiger partial charge >= 0.3 is 0 Å². The molecular formula is C12H10BrClN2. The molecule has 3 rings (SSSR count). The Labute approximate surface area is 107 Å². The van der Waals surface area contributed by atoms with E-state index < -0.39 is 0 Å². The fourth-order valence-electron chi connectivity index (χ4n) is 1.89. The largest absolute Gasteiger partial charge is 0.398 e. The topological polar surface area (TPSA) is 38.9 Å². The van der Waals surface area contributed by atoms with Gasteiger partial charge < -0.3 is 5.73 Å². The highest BCUT2D eigenvalue weighted by Gasteiger charge is 2.26. The molecule has 1 aromatic heterocycles. The van der Waals surface area contributed by atoms with E-state index in [1.54, 1.807) is 0 Å². The standard InChI is InChI=1S/C12H10BrClN2/c13-7-3-8-10(15)5-11(6-1-2-6)16-12(8)9(14)4-7/h3-6H,1-2H2,(H2,15,16). The molecule has 1 heterocycles. The molecule has 1 aromatic carbocycles. The Balaban J connectivity index is 2.32. The van der Waals surface area contributed by atoms with Crippen molar-refractivity contribution in [2.45, 2.75) is 18.8 Å². The number of rotatable bonds is 1. The summed E-state index contributed by atoms with van der Waals surface area (Å²) in [6, 6.07) is 5.79. The van der Waals surface area contributed by atoms with Crippen molar-refractivity contribution in [2.24, 2.45) is 0 Å². The van der Waals surface area contributed by atoms with Gasteiger partial charge in [-0.25, -0.2) is 0 Å². The van der Waals surface area contributed by atoms with Crippen LogP contribution in [-0.2, 0) is 0 Å². The fourth-order valence-corrected chi connectivity index (χ4v) is 2.74. The molecule has 16 heavy (non-hydrogen) atoms. The Morgan fingerprint density at radius 3 is 2.75 bits per heavy atom. The molecule has 1 aliphatic carbocycles. The maximum absolute atomic E-state index is 6.18. The van der Waals surface area contributed by atoms with Crippen LogP contribution in [0, 0.1) is 0 Å². The van der Waals surface area contributed by atoms with Gasteiger partial charge in [0, 0.05) is 27.2 Å². The second-order valence-corrected chi connectivity index (χ2v) is 5.52. The van der Waals surface area contributed by atoms with E-state index in [0.717, 1.165) is 26.8 Å². The minimum atomic E-state index is 0.589. The number of halogens is 2. The number of nitrogens with two attached hydrogens (primary N) is 1. The summed E-state index contributed by atoms with van der Waals surface area (Å²) in [6.45, 7) is 0. The van der Waals surface area contributed by atoms with Crippen molar-refractivity contribution in [1.82, 2.24) is 4.98 Å². The molecule has 0 radical (unpaired) electrons. The van der Waals surface area contributed by atoms with Gasteiger partial charge in [-0.15, -0.1) is 0 Å². The Kier molecular flexibility index (Phi) is 2.33. The van der Waals surface area contributed by atoms with Crippen molar-refractivity contribution < 1.29 is 0 Å². The lowest BCUT2D eigenvalue weighted by Crippen LogP contribution is -1.95. The third kappa shape index (κ3) is 1.68. The molecule has 2 nitrogen and oxygen atoms in total. The van der Waals surface area contributed by atoms with Gasteiger partial charge in [-0.1, -0.05) is 27.5 Å². The summed E-state index contributed by atoms with van der Waals surface area (Å²) in [7, 11) is 0. The maximum atomic E-state index is 6.18. The van der Waals surface area contributed by atoms with Crippen LogP contribution in [0.3, 0.4) is 0 Å². The molecule has 0 unspecified atom stereocenters. The molecule has 0 atom stereocenters. The third-order valence-corrected chi connectivity index (χ3v) is 3.63. The van der Waals surface area contributed by atoms with Crippen molar-refractivity contribution >= 4 is 44.1 Å². The summed E-state index contributed by atoms with van der Waals surface area (Å²) < 4.78 is 0.928. The first kappa shape index (κ1) is 10.4. The van der Waals surface area contributed by atoms with Gasteiger partial charge in [0.15, 0.2) is 0 Å². The van der Waals surface area contributed by atoms with Crippen LogP contribution in [-0.4, -0.2) is 4.98 Å². The van der Waals surface area contributed by atoms with Crippen molar-refractivity contribution in [2.75, 3.05) is 5.73 Å². The first-order chi connectivity index (χ1) is 7.65. The summed E-state index contributed by atoms with van der Waals surface area (Å²) >= 11 is 9.59. The second-order valence-electron chi connectivity index (χ2n) is 4.19. The number of benzene rings is 1. The van der Waals surface area contributed by atoms with Crippen LogP contribution in [0.2, 0.25) is 5.02 Å². The minimum Gasteiger partial charge on any atom is -0.398 e. The van der Waals surface area contributed by atoms with Crippen LogP contribution in [0.25, 0.3) is 10.9 Å². The van der Waals surface area contributed by atoms with E-state index in [0.29, 0.717) is 10.9 Å². The number of aromatic nitrogens is 1. The van der Waals surface area contributed by atoms with E-state index in [1.165, 1.54) is 12.8 Å². The van der Waals surface area contributed by atoms with Gasteiger partial charge in [0.05, 0.1) is 10.5 Å². The Morgan fingerprint density at radius 1 is 1.31 bits per heavy atom. The van der Waals surface area contributed by atoms with Gasteiger partial charge in [-0.2, -0.15) is 0 Å². The molecule has 4 heteroatoms. The molecule has 0 bridgehead atoms. The number of nitrogen functional groups attached to an aromatic ring is 1. The maximum Gasteiger partial charge on any atom is 0.0913 e. The highest BCUT2D eigenvalue weighted by molar-refractivity contribution is 9.10. The number of hydrogen-bond donors (Lipinski definition) is 1. The van der Waals surface area contributed by atoms with Crippen LogP contribution >= 0.6 is 27.5 Å². The van der Waals surface area contributed by atoms with Crippen LogP contribution in [0.15, 0.2) is 22.7 Å². The van der Waals surface area contributed by atoms with Crippen molar-refractivity contribution in [1.29, 1.82) is 0 Å². The molecule has 0 aliphatic heterocycles. The van der Waals surface area contributed by atoms with E-state index in [4.69, 9.17) is 17.3 Å². The summed E-state index contributed by atoms with van der Waals surface area (Å²) in [5.41, 5.74) is 8.69. The lowest BCUT2D eigenvalue weighted by molar-refractivity contribution is 1.05. The van der Waals surface area contributed by atoms with E-state index in [9.17, 15) is 0 Å². The molecule has 1 fully saturated rings. The zero-order valence-corrected chi connectivity index (χ0v) is 10.8. The zero-order chi connectivity index (χ0) is 11.3. The predicted molar refractivity (Wildman–Crippen MR) is 70.8 cm³/mol. The number of anilines is 1. The highest BCUT2D eigenvalue weighted by Crippen LogP contribution is 2.41. The summed E-state index contributed by atoms with van der Waals surface area (Å²) in [5, 5.41) is 1.57. The molecule has 2 aromatic rings. The molecule has 1 aliphatic rings. The van der Waals surface area contributed by atoms with E-state index in [2.05, 4.69) is 20.9 Å². The molecule has 0 spiro atoms. The third-order valence-electron chi connectivity index (χ3n) is 2.88. The Bertz CT molecular complexity index is 579. The van der Waals surface area contributed by atoms with Gasteiger partial charge in [0.1, 0.15) is 0 Å². The lowest BCUT2D eigenvalue weighted by Gasteiger charge is -2.07. The van der Waals surface area contributed by atoms with E-state index in [-0.39, 0.29) is 0 Å². The van der Waals surface area contributed by atoms with Gasteiger partial charge in [-0.05, 0) is 31.0 Å². The number of fused-ring (bicyclic) bond motifs is 1. The molecule has 82 valence electrons. The molecule has 0 saturated heterocycles. The summed E-state index contributed by atoms with van der Waals surface area (Å²) in [4.78, 5) is 4.61. The predicted octanol–water partition coefficient (Wildman–Crippen LogP) is 4.11. The number of nitrogens with zero attached hydrogens (tertiary/aromatic N) is 1. The molecular weight excluding hydrogens is 288 g/mol. The summed E-state index contributed by atoms with van der Waals surface area (Å²) in [5.74, 6) is 0.589. The average molecular weight is 298 g/mol. The fraction of sp³-hybridized carbons (Fsp3) is 0.250. The van der Waals surface area contributed by atoms with Crippen LogP contribution in [0.1, 0.15) is 24.5 Å². The van der Waals surface area contributed by atoms with Crippen LogP contribution in [0.4, 0.5) is 5.69 Å². The van der Waals surface area contributed by atoms with Crippen molar-refractivity contribution in [3.8, 4) is 0 Å². The summed E-state index contributed by atoms with van der Waals surface area (Å²) in [6.07, 6.45) is 2.43. The van der Waals surface area contributed by atoms with Crippen molar-refractivity contribution in [3.63, 3.8) is 0 Å². The Morgan fingerprint density at radius 2 is 2.06 bits per heavy atom. The molecule has 1 saturated carbocycles. The Hall–Kier alpha value is -0.800. The van der Waals surface area contributed by atoms with Gasteiger partial charge in [-0.3, -0.25) is 4.98 Å². The first-order valence-electron chi connectivity index (χ1n) is 5.20. The van der Waals surface area contributed by atoms with Crippen LogP contribution in [0.5, 0.6) is 0 Å². The van der Waals surface area contributed by atoms with Gasteiger partial charge in [0.2, 0.25) is 0 Å². The van der Waals surface area contributed by atoms with E-state index >= 15 is 0 Å². The minimum absolute atomic E-state index is 0.589. The average Bonchev–Trinajstić information content (AvgIpc) is 3.02. The molecule has 2 N–H and O–H groups in total. The second kappa shape index (κ2) is 3.60. The monoisotopic (exact) mass is 296 g/mol.